The number of hydrogen-bond donors (Lipinski definition) is 2. The number of carboxylic acids is 1. The Hall–Kier alpha value is -2.43. The molecule has 1 aliphatic carbocycles. The van der Waals surface area contributed by atoms with Gasteiger partial charge < -0.3 is 10.4 Å². The highest BCUT2D eigenvalue weighted by Crippen LogP contribution is 2.34. The standard InChI is InChI=1S/C19H23N3O2/c1-13-17(11-18(23)24)19(21-12-20-13)22-16-9-7-15(8-10-16)14-5-3-2-4-6-14/h2-6,12,15-16H,7-11H2,1H3,(H,23,24)(H,20,21,22). The van der Waals surface area contributed by atoms with Crippen LogP contribution in [0.2, 0.25) is 0 Å². The number of carboxylic acid groups (broad SMARTS) is 1. The van der Waals surface area contributed by atoms with Gasteiger partial charge >= 0.3 is 5.97 Å². The monoisotopic (exact) mass is 325 g/mol. The van der Waals surface area contributed by atoms with Crippen molar-refractivity contribution in [2.75, 3.05) is 5.32 Å². The van der Waals surface area contributed by atoms with Crippen LogP contribution in [-0.2, 0) is 11.2 Å². The SMILES string of the molecule is Cc1ncnc(NC2CCC(c3ccccc3)CC2)c1CC(=O)O. The van der Waals surface area contributed by atoms with E-state index >= 15 is 0 Å². The second-order valence-corrected chi connectivity index (χ2v) is 6.46. The Morgan fingerprint density at radius 1 is 1.17 bits per heavy atom. The predicted octanol–water partition coefficient (Wildman–Crippen LogP) is 3.55. The van der Waals surface area contributed by atoms with Gasteiger partial charge in [0.05, 0.1) is 6.42 Å². The summed E-state index contributed by atoms with van der Waals surface area (Å²) in [5.41, 5.74) is 2.84. The van der Waals surface area contributed by atoms with Crippen molar-refractivity contribution in [3.05, 3.63) is 53.5 Å². The molecule has 0 spiro atoms. The maximum atomic E-state index is 11.1. The molecule has 1 saturated carbocycles. The molecule has 0 atom stereocenters. The van der Waals surface area contributed by atoms with Gasteiger partial charge in [-0.15, -0.1) is 0 Å². The van der Waals surface area contributed by atoms with Gasteiger partial charge in [-0.05, 0) is 44.1 Å². The molecule has 0 amide bonds. The minimum absolute atomic E-state index is 0.0473. The summed E-state index contributed by atoms with van der Waals surface area (Å²) in [5, 5.41) is 12.6. The summed E-state index contributed by atoms with van der Waals surface area (Å²) in [6.07, 6.45) is 5.86. The first-order chi connectivity index (χ1) is 11.6. The number of aliphatic carboxylic acids is 1. The normalized spacial score (nSPS) is 20.5. The zero-order valence-electron chi connectivity index (χ0n) is 13.9. The highest BCUT2D eigenvalue weighted by molar-refractivity contribution is 5.73. The van der Waals surface area contributed by atoms with Gasteiger partial charge in [0.1, 0.15) is 12.1 Å². The van der Waals surface area contributed by atoms with E-state index in [1.807, 2.05) is 6.92 Å². The molecule has 5 nitrogen and oxygen atoms in total. The van der Waals surface area contributed by atoms with Crippen molar-refractivity contribution < 1.29 is 9.90 Å². The van der Waals surface area contributed by atoms with Crippen LogP contribution in [0.5, 0.6) is 0 Å². The van der Waals surface area contributed by atoms with Crippen molar-refractivity contribution in [1.29, 1.82) is 0 Å². The van der Waals surface area contributed by atoms with Crippen LogP contribution in [0, 0.1) is 6.92 Å². The molecule has 24 heavy (non-hydrogen) atoms. The molecule has 126 valence electrons. The third-order valence-electron chi connectivity index (χ3n) is 4.83. The Labute approximate surface area is 142 Å². The van der Waals surface area contributed by atoms with Gasteiger partial charge in [0.2, 0.25) is 0 Å². The number of carbonyl (C=O) groups is 1. The van der Waals surface area contributed by atoms with E-state index in [0.717, 1.165) is 31.4 Å². The molecule has 5 heteroatoms. The quantitative estimate of drug-likeness (QED) is 0.879. The van der Waals surface area contributed by atoms with Crippen LogP contribution in [0.3, 0.4) is 0 Å². The zero-order valence-corrected chi connectivity index (χ0v) is 13.9. The summed E-state index contributed by atoms with van der Waals surface area (Å²) < 4.78 is 0. The van der Waals surface area contributed by atoms with E-state index in [-0.39, 0.29) is 6.42 Å². The minimum atomic E-state index is -0.858. The number of anilines is 1. The van der Waals surface area contributed by atoms with E-state index in [1.54, 1.807) is 0 Å². The average molecular weight is 325 g/mol. The molecule has 0 radical (unpaired) electrons. The van der Waals surface area contributed by atoms with Gasteiger partial charge in [-0.3, -0.25) is 4.79 Å². The largest absolute Gasteiger partial charge is 0.481 e. The van der Waals surface area contributed by atoms with E-state index < -0.39 is 5.97 Å². The number of nitrogens with one attached hydrogen (secondary N) is 1. The molecule has 1 aromatic carbocycles. The first-order valence-corrected chi connectivity index (χ1v) is 8.47. The van der Waals surface area contributed by atoms with Crippen molar-refractivity contribution in [1.82, 2.24) is 9.97 Å². The van der Waals surface area contributed by atoms with E-state index in [9.17, 15) is 4.79 Å². The molecular formula is C19H23N3O2. The summed E-state index contributed by atoms with van der Waals surface area (Å²) in [6, 6.07) is 11.0. The highest BCUT2D eigenvalue weighted by atomic mass is 16.4. The number of aromatic nitrogens is 2. The second-order valence-electron chi connectivity index (χ2n) is 6.46. The van der Waals surface area contributed by atoms with Crippen LogP contribution in [0.4, 0.5) is 5.82 Å². The number of rotatable bonds is 5. The van der Waals surface area contributed by atoms with Crippen LogP contribution < -0.4 is 5.32 Å². The Morgan fingerprint density at radius 2 is 1.88 bits per heavy atom. The molecule has 1 aliphatic rings. The number of nitrogens with zero attached hydrogens (tertiary/aromatic N) is 2. The average Bonchev–Trinajstić information content (AvgIpc) is 2.59. The summed E-state index contributed by atoms with van der Waals surface area (Å²) in [5.74, 6) is 0.437. The molecule has 3 rings (SSSR count). The van der Waals surface area contributed by atoms with Crippen LogP contribution >= 0.6 is 0 Å². The number of aryl methyl sites for hydroxylation is 1. The maximum absolute atomic E-state index is 11.1. The predicted molar refractivity (Wildman–Crippen MR) is 93.2 cm³/mol. The van der Waals surface area contributed by atoms with Crippen LogP contribution in [0.1, 0.15) is 48.4 Å². The third-order valence-corrected chi connectivity index (χ3v) is 4.83. The fourth-order valence-electron chi connectivity index (χ4n) is 3.48. The molecule has 2 N–H and O–H groups in total. The number of hydrogen-bond acceptors (Lipinski definition) is 4. The van der Waals surface area contributed by atoms with Crippen LogP contribution in [-0.4, -0.2) is 27.1 Å². The highest BCUT2D eigenvalue weighted by Gasteiger charge is 2.23. The molecule has 0 unspecified atom stereocenters. The molecular weight excluding hydrogens is 302 g/mol. The molecule has 2 aromatic rings. The third kappa shape index (κ3) is 3.91. The summed E-state index contributed by atoms with van der Waals surface area (Å²) in [6.45, 7) is 1.83. The Balaban J connectivity index is 1.64. The van der Waals surface area contributed by atoms with Gasteiger partial charge in [0.25, 0.3) is 0 Å². The van der Waals surface area contributed by atoms with Gasteiger partial charge in [-0.25, -0.2) is 9.97 Å². The van der Waals surface area contributed by atoms with E-state index in [2.05, 4.69) is 45.6 Å². The topological polar surface area (TPSA) is 75.1 Å². The Bertz CT molecular complexity index is 695. The van der Waals surface area contributed by atoms with Crippen molar-refractivity contribution in [3.8, 4) is 0 Å². The van der Waals surface area contributed by atoms with Gasteiger partial charge in [0, 0.05) is 17.3 Å². The Morgan fingerprint density at radius 3 is 2.54 bits per heavy atom. The van der Waals surface area contributed by atoms with E-state index in [0.29, 0.717) is 23.3 Å². The fourth-order valence-corrected chi connectivity index (χ4v) is 3.48. The lowest BCUT2D eigenvalue weighted by molar-refractivity contribution is -0.136. The van der Waals surface area contributed by atoms with E-state index in [4.69, 9.17) is 5.11 Å². The molecule has 0 aliphatic heterocycles. The van der Waals surface area contributed by atoms with E-state index in [1.165, 1.54) is 11.9 Å². The lowest BCUT2D eigenvalue weighted by Gasteiger charge is -2.30. The Kier molecular flexibility index (Phi) is 5.08. The van der Waals surface area contributed by atoms with Gasteiger partial charge in [-0.2, -0.15) is 0 Å². The smallest absolute Gasteiger partial charge is 0.308 e. The molecule has 0 saturated heterocycles. The first-order valence-electron chi connectivity index (χ1n) is 8.47. The number of benzene rings is 1. The van der Waals surface area contributed by atoms with Crippen molar-refractivity contribution in [2.24, 2.45) is 0 Å². The maximum Gasteiger partial charge on any atom is 0.308 e. The molecule has 0 bridgehead atoms. The van der Waals surface area contributed by atoms with Crippen molar-refractivity contribution in [2.45, 2.75) is 51.0 Å². The van der Waals surface area contributed by atoms with Crippen molar-refractivity contribution in [3.63, 3.8) is 0 Å². The summed E-state index contributed by atoms with van der Waals surface area (Å²) in [4.78, 5) is 19.5. The lowest BCUT2D eigenvalue weighted by atomic mass is 9.82. The zero-order chi connectivity index (χ0) is 16.9. The first kappa shape index (κ1) is 16.4. The van der Waals surface area contributed by atoms with Gasteiger partial charge in [0.15, 0.2) is 0 Å². The molecule has 1 fully saturated rings. The van der Waals surface area contributed by atoms with Crippen LogP contribution in [0.15, 0.2) is 36.7 Å². The second kappa shape index (κ2) is 7.43. The summed E-state index contributed by atoms with van der Waals surface area (Å²) in [7, 11) is 0. The minimum Gasteiger partial charge on any atom is -0.481 e. The fraction of sp³-hybridized carbons (Fsp3) is 0.421. The molecule has 1 aromatic heterocycles. The lowest BCUT2D eigenvalue weighted by Crippen LogP contribution is -2.27. The molecule has 1 heterocycles. The van der Waals surface area contributed by atoms with Crippen LogP contribution in [0.25, 0.3) is 0 Å². The summed E-state index contributed by atoms with van der Waals surface area (Å²) >= 11 is 0. The van der Waals surface area contributed by atoms with Crippen molar-refractivity contribution >= 4 is 11.8 Å². The van der Waals surface area contributed by atoms with Gasteiger partial charge in [-0.1, -0.05) is 30.3 Å².